The number of benzene rings is 2. The zero-order chi connectivity index (χ0) is 26.9. The van der Waals surface area contributed by atoms with Gasteiger partial charge in [-0.05, 0) is 72.2 Å². The van der Waals surface area contributed by atoms with E-state index in [9.17, 15) is 26.6 Å². The van der Waals surface area contributed by atoms with E-state index in [1.807, 2.05) is 0 Å². The Morgan fingerprint density at radius 2 is 0.868 bits per heavy atom. The summed E-state index contributed by atoms with van der Waals surface area (Å²) in [5, 5.41) is 6.56. The summed E-state index contributed by atoms with van der Waals surface area (Å²) >= 11 is 0. The van der Waals surface area contributed by atoms with Gasteiger partial charge < -0.3 is 0 Å². The minimum absolute atomic E-state index is 0.0215. The van der Waals surface area contributed by atoms with Gasteiger partial charge in [0.25, 0.3) is 0 Å². The lowest BCUT2D eigenvalue weighted by Gasteiger charge is -2.29. The predicted octanol–water partition coefficient (Wildman–Crippen LogP) is 4.84. The average molecular weight is 561 g/mol. The molecule has 38 heavy (non-hydrogen) atoms. The van der Waals surface area contributed by atoms with E-state index in [-0.39, 0.29) is 20.9 Å². The molecule has 5 rings (SSSR count). The van der Waals surface area contributed by atoms with Crippen LogP contribution in [0.3, 0.4) is 0 Å². The minimum Gasteiger partial charge on any atom is -0.207 e. The van der Waals surface area contributed by atoms with Crippen LogP contribution < -0.4 is 0 Å². The van der Waals surface area contributed by atoms with E-state index in [2.05, 4.69) is 10.4 Å². The van der Waals surface area contributed by atoms with Crippen molar-refractivity contribution in [1.82, 2.24) is 8.61 Å². The van der Waals surface area contributed by atoms with Crippen LogP contribution in [0.2, 0.25) is 0 Å². The molecule has 3 aliphatic rings. The molecule has 2 heterocycles. The van der Waals surface area contributed by atoms with Gasteiger partial charge in [-0.1, -0.05) is 48.2 Å². The molecule has 0 aromatic heterocycles. The molecule has 1 aliphatic carbocycles. The molecule has 2 aromatic carbocycles. The Bertz CT molecular complexity index is 1330. The highest BCUT2D eigenvalue weighted by Gasteiger charge is 2.37. The lowest BCUT2D eigenvalue weighted by atomic mass is 9.80. The first-order valence-electron chi connectivity index (χ1n) is 13.2. The Kier molecular flexibility index (Phi) is 7.77. The maximum atomic E-state index is 13.5. The van der Waals surface area contributed by atoms with Gasteiger partial charge in [0.05, 0.1) is 9.79 Å². The van der Waals surface area contributed by atoms with Crippen LogP contribution in [0.5, 0.6) is 0 Å². The third kappa shape index (κ3) is 4.83. The summed E-state index contributed by atoms with van der Waals surface area (Å²) in [6.07, 6.45) is 7.00. The van der Waals surface area contributed by atoms with Gasteiger partial charge >= 0.3 is 0 Å². The normalized spacial score (nSPS) is 23.5. The third-order valence-electron chi connectivity index (χ3n) is 7.91. The molecule has 0 radical (unpaired) electrons. The molecule has 0 unspecified atom stereocenters. The summed E-state index contributed by atoms with van der Waals surface area (Å²) in [4.78, 5) is 24.3. The predicted molar refractivity (Wildman–Crippen MR) is 143 cm³/mol. The first-order chi connectivity index (χ1) is 18.3. The van der Waals surface area contributed by atoms with E-state index in [1.54, 1.807) is 0 Å². The fourth-order valence-corrected chi connectivity index (χ4v) is 8.93. The summed E-state index contributed by atoms with van der Waals surface area (Å²) in [5.74, 6) is 0. The molecule has 12 heteroatoms. The maximum Gasteiger partial charge on any atom is 0.243 e. The minimum atomic E-state index is -3.82. The Morgan fingerprint density at radius 3 is 1.21 bits per heavy atom. The largest absolute Gasteiger partial charge is 0.243 e. The summed E-state index contributed by atoms with van der Waals surface area (Å²) < 4.78 is 56.7. The van der Waals surface area contributed by atoms with Crippen molar-refractivity contribution in [1.29, 1.82) is 0 Å². The third-order valence-corrected chi connectivity index (χ3v) is 11.7. The molecule has 0 bridgehead atoms. The van der Waals surface area contributed by atoms with Crippen molar-refractivity contribution in [3.8, 4) is 0 Å². The quantitative estimate of drug-likeness (QED) is 0.464. The van der Waals surface area contributed by atoms with Crippen LogP contribution in [0, 0.1) is 9.81 Å². The molecule has 2 saturated heterocycles. The van der Waals surface area contributed by atoms with Gasteiger partial charge in [-0.3, -0.25) is 0 Å². The van der Waals surface area contributed by atoms with Gasteiger partial charge in [0.2, 0.25) is 20.0 Å². The summed E-state index contributed by atoms with van der Waals surface area (Å²) in [7, 11) is -7.65. The summed E-state index contributed by atoms with van der Waals surface area (Å²) in [5.41, 5.74) is 1.32. The number of sulfonamides is 2. The number of hydrogen-bond donors (Lipinski definition) is 0. The Hall–Kier alpha value is -2.54. The Labute approximate surface area is 223 Å². The van der Waals surface area contributed by atoms with Gasteiger partial charge in [0.15, 0.2) is 0 Å². The zero-order valence-corrected chi connectivity index (χ0v) is 22.8. The van der Waals surface area contributed by atoms with Crippen LogP contribution in [0.4, 0.5) is 0 Å². The lowest BCUT2D eigenvalue weighted by Crippen LogP contribution is -2.32. The molecule has 2 aliphatic heterocycles. The first-order valence-corrected chi connectivity index (χ1v) is 16.1. The van der Waals surface area contributed by atoms with Crippen LogP contribution in [0.1, 0.15) is 85.7 Å². The van der Waals surface area contributed by atoms with E-state index in [4.69, 9.17) is 0 Å². The molecule has 0 N–H and O–H groups in total. The SMILES string of the molecule is O=NC1c2ccc(S(=O)(=O)N3CCCCCC3)cc2C(N=O)c2cc(S(=O)(=O)N3CCCCCC3)ccc21. The molecule has 0 saturated carbocycles. The van der Waals surface area contributed by atoms with E-state index in [0.29, 0.717) is 37.3 Å². The standard InChI is InChI=1S/C26H32N4O6S2/c31-27-25-21-11-9-19(37(33,34)29-13-5-1-2-6-14-29)17-23(21)26(28-32)24-18-20(10-12-22(24)25)38(35,36)30-15-7-3-4-8-16-30/h9-12,17-18,25-26H,1-8,13-16H2. The van der Waals surface area contributed by atoms with Crippen molar-refractivity contribution in [3.05, 3.63) is 68.5 Å². The van der Waals surface area contributed by atoms with Crippen LogP contribution in [0.25, 0.3) is 0 Å². The second-order valence-electron chi connectivity index (χ2n) is 10.2. The number of rotatable bonds is 6. The van der Waals surface area contributed by atoms with Gasteiger partial charge in [-0.2, -0.15) is 8.61 Å². The highest BCUT2D eigenvalue weighted by Crippen LogP contribution is 2.46. The van der Waals surface area contributed by atoms with Crippen molar-refractivity contribution >= 4 is 20.0 Å². The maximum absolute atomic E-state index is 13.5. The molecule has 0 atom stereocenters. The van der Waals surface area contributed by atoms with Gasteiger partial charge in [-0.25, -0.2) is 16.8 Å². The van der Waals surface area contributed by atoms with Crippen LogP contribution in [-0.2, 0) is 20.0 Å². The zero-order valence-electron chi connectivity index (χ0n) is 21.2. The van der Waals surface area contributed by atoms with Crippen molar-refractivity contribution in [2.45, 2.75) is 73.2 Å². The van der Waals surface area contributed by atoms with Crippen molar-refractivity contribution < 1.29 is 16.8 Å². The molecular formula is C26H32N4O6S2. The summed E-state index contributed by atoms with van der Waals surface area (Å²) in [6, 6.07) is 6.56. The Morgan fingerprint density at radius 1 is 0.526 bits per heavy atom. The van der Waals surface area contributed by atoms with Crippen LogP contribution in [-0.4, -0.2) is 51.6 Å². The van der Waals surface area contributed by atoms with Crippen molar-refractivity contribution in [2.24, 2.45) is 10.4 Å². The van der Waals surface area contributed by atoms with E-state index in [1.165, 1.54) is 45.0 Å². The van der Waals surface area contributed by atoms with Gasteiger partial charge in [0, 0.05) is 26.2 Å². The molecule has 0 spiro atoms. The number of nitrogens with zero attached hydrogens (tertiary/aromatic N) is 4. The molecule has 2 aromatic rings. The van der Waals surface area contributed by atoms with E-state index < -0.39 is 32.1 Å². The molecule has 10 nitrogen and oxygen atoms in total. The van der Waals surface area contributed by atoms with Crippen LogP contribution >= 0.6 is 0 Å². The van der Waals surface area contributed by atoms with E-state index in [0.717, 1.165) is 51.4 Å². The smallest absolute Gasteiger partial charge is 0.207 e. The second kappa shape index (κ2) is 10.9. The van der Waals surface area contributed by atoms with Crippen molar-refractivity contribution in [3.63, 3.8) is 0 Å². The monoisotopic (exact) mass is 560 g/mol. The average Bonchev–Trinajstić information content (AvgIpc) is 3.38. The first kappa shape index (κ1) is 27.0. The highest BCUT2D eigenvalue weighted by molar-refractivity contribution is 7.89. The second-order valence-corrected chi connectivity index (χ2v) is 14.1. The molecule has 0 amide bonds. The van der Waals surface area contributed by atoms with Crippen LogP contribution in [0.15, 0.2) is 56.5 Å². The van der Waals surface area contributed by atoms with E-state index >= 15 is 0 Å². The molecular weight excluding hydrogens is 528 g/mol. The van der Waals surface area contributed by atoms with Gasteiger partial charge in [-0.15, -0.1) is 9.81 Å². The number of hydrogen-bond acceptors (Lipinski definition) is 8. The number of nitroso groups, excluding NO2 is 2. The Balaban J connectivity index is 1.57. The lowest BCUT2D eigenvalue weighted by molar-refractivity contribution is 0.423. The molecule has 204 valence electrons. The molecule has 2 fully saturated rings. The highest BCUT2D eigenvalue weighted by atomic mass is 32.2. The topological polar surface area (TPSA) is 134 Å². The fourth-order valence-electron chi connectivity index (χ4n) is 5.82. The van der Waals surface area contributed by atoms with Gasteiger partial charge in [0.1, 0.15) is 12.1 Å². The number of fused-ring (bicyclic) bond motifs is 2. The van der Waals surface area contributed by atoms with Crippen molar-refractivity contribution in [2.75, 3.05) is 26.2 Å². The fraction of sp³-hybridized carbons (Fsp3) is 0.538. The summed E-state index contributed by atoms with van der Waals surface area (Å²) in [6.45, 7) is 1.70.